The molecule has 0 aromatic rings. The maximum absolute atomic E-state index is 11.1. The molecule has 0 rings (SSSR count). The highest BCUT2D eigenvalue weighted by molar-refractivity contribution is 5.88. The summed E-state index contributed by atoms with van der Waals surface area (Å²) in [6.45, 7) is 7.68. The zero-order valence-corrected chi connectivity index (χ0v) is 9.32. The fourth-order valence-corrected chi connectivity index (χ4v) is 0.785. The summed E-state index contributed by atoms with van der Waals surface area (Å²) in [4.78, 5) is 21.6. The van der Waals surface area contributed by atoms with Crippen LogP contribution in [0.5, 0.6) is 0 Å². The third kappa shape index (κ3) is 6.85. The molecule has 0 N–H and O–H groups in total. The molecule has 0 amide bonds. The number of hydrogen-bond acceptors (Lipinski definition) is 4. The molecular formula is C11H18O4. The first-order valence-corrected chi connectivity index (χ1v) is 5.01. The van der Waals surface area contributed by atoms with Crippen LogP contribution in [0.2, 0.25) is 0 Å². The van der Waals surface area contributed by atoms with E-state index in [1.807, 2.05) is 6.92 Å². The first-order valence-electron chi connectivity index (χ1n) is 5.01. The highest BCUT2D eigenvalue weighted by Crippen LogP contribution is 1.98. The Morgan fingerprint density at radius 2 is 2.20 bits per heavy atom. The second-order valence-electron chi connectivity index (χ2n) is 3.29. The summed E-state index contributed by atoms with van der Waals surface area (Å²) in [7, 11) is 0. The Hall–Kier alpha value is -1.16. The topological polar surface area (TPSA) is 52.6 Å². The Morgan fingerprint density at radius 3 is 2.67 bits per heavy atom. The van der Waals surface area contributed by atoms with Gasteiger partial charge in [0.2, 0.25) is 0 Å². The number of unbranched alkanes of at least 4 members (excludes halogenated alkanes) is 1. The lowest BCUT2D eigenvalue weighted by Gasteiger charge is -2.12. The minimum Gasteiger partial charge on any atom is -0.449 e. The molecule has 4 heteroatoms. The van der Waals surface area contributed by atoms with Crippen LogP contribution in [-0.2, 0) is 19.1 Å². The summed E-state index contributed by atoms with van der Waals surface area (Å²) < 4.78 is 9.98. The predicted octanol–water partition coefficient (Wildman–Crippen LogP) is 1.49. The van der Waals surface area contributed by atoms with Crippen molar-refractivity contribution >= 4 is 12.3 Å². The molecule has 0 radical (unpaired) electrons. The molecule has 4 nitrogen and oxygen atoms in total. The first-order chi connectivity index (χ1) is 7.11. The lowest BCUT2D eigenvalue weighted by molar-refractivity contribution is -0.150. The van der Waals surface area contributed by atoms with Crippen LogP contribution in [0, 0.1) is 0 Å². The maximum atomic E-state index is 11.1. The quantitative estimate of drug-likeness (QED) is 0.266. The molecule has 1 unspecified atom stereocenters. The van der Waals surface area contributed by atoms with Crippen LogP contribution in [0.4, 0.5) is 0 Å². The normalized spacial score (nSPS) is 11.9. The summed E-state index contributed by atoms with van der Waals surface area (Å²) in [6.07, 6.45) is 1.69. The van der Waals surface area contributed by atoms with Gasteiger partial charge in [-0.25, -0.2) is 4.79 Å². The van der Waals surface area contributed by atoms with E-state index in [9.17, 15) is 9.59 Å². The van der Waals surface area contributed by atoms with Crippen molar-refractivity contribution in [3.8, 4) is 0 Å². The summed E-state index contributed by atoms with van der Waals surface area (Å²) in [5, 5.41) is 0. The van der Waals surface area contributed by atoms with E-state index in [1.54, 1.807) is 0 Å². The van der Waals surface area contributed by atoms with E-state index >= 15 is 0 Å². The Labute approximate surface area is 90.2 Å². The highest BCUT2D eigenvalue weighted by atomic mass is 16.6. The van der Waals surface area contributed by atoms with Gasteiger partial charge in [-0.2, -0.15) is 0 Å². The number of hydrogen-bond donors (Lipinski definition) is 0. The second kappa shape index (κ2) is 8.17. The molecule has 0 aromatic carbocycles. The van der Waals surface area contributed by atoms with Crippen LogP contribution in [0.1, 0.15) is 26.7 Å². The Bertz CT molecular complexity index is 223. The molecule has 0 saturated carbocycles. The third-order valence-corrected chi connectivity index (χ3v) is 1.68. The lowest BCUT2D eigenvalue weighted by atomic mass is 10.3. The summed E-state index contributed by atoms with van der Waals surface area (Å²) in [5.41, 5.74) is 0.274. The van der Waals surface area contributed by atoms with Crippen LogP contribution in [0.15, 0.2) is 12.2 Å². The van der Waals surface area contributed by atoms with E-state index in [0.29, 0.717) is 12.9 Å². The Balaban J connectivity index is 3.78. The molecular weight excluding hydrogens is 196 g/mol. The van der Waals surface area contributed by atoms with E-state index in [2.05, 4.69) is 6.58 Å². The van der Waals surface area contributed by atoms with Gasteiger partial charge in [-0.15, -0.1) is 0 Å². The monoisotopic (exact) mass is 214 g/mol. The molecule has 1 atom stereocenters. The molecule has 0 spiro atoms. The van der Waals surface area contributed by atoms with Crippen LogP contribution >= 0.6 is 0 Å². The standard InChI is InChI=1S/C11H18O4/c1-4-5-6-14-8-10(7-12)15-11(13)9(2)3/h7,10H,2,4-6,8H2,1,3H3. The lowest BCUT2D eigenvalue weighted by Crippen LogP contribution is -2.25. The van der Waals surface area contributed by atoms with Gasteiger partial charge in [0, 0.05) is 12.2 Å². The van der Waals surface area contributed by atoms with Gasteiger partial charge in [0.1, 0.15) is 0 Å². The molecule has 0 aliphatic carbocycles. The van der Waals surface area contributed by atoms with Gasteiger partial charge >= 0.3 is 5.97 Å². The van der Waals surface area contributed by atoms with Crippen molar-refractivity contribution in [1.29, 1.82) is 0 Å². The fourth-order valence-electron chi connectivity index (χ4n) is 0.785. The molecule has 0 saturated heterocycles. The van der Waals surface area contributed by atoms with Gasteiger partial charge in [0.25, 0.3) is 0 Å². The zero-order chi connectivity index (χ0) is 11.7. The van der Waals surface area contributed by atoms with E-state index in [1.165, 1.54) is 6.92 Å². The molecule has 0 aliphatic rings. The maximum Gasteiger partial charge on any atom is 0.333 e. The van der Waals surface area contributed by atoms with Crippen LogP contribution in [0.25, 0.3) is 0 Å². The minimum absolute atomic E-state index is 0.114. The van der Waals surface area contributed by atoms with Gasteiger partial charge in [-0.3, -0.25) is 4.79 Å². The van der Waals surface area contributed by atoms with Gasteiger partial charge in [0.15, 0.2) is 12.4 Å². The number of ether oxygens (including phenoxy) is 2. The van der Waals surface area contributed by atoms with Crippen molar-refractivity contribution in [2.75, 3.05) is 13.2 Å². The SMILES string of the molecule is C=C(C)C(=O)OC(C=O)COCCCC. The fraction of sp³-hybridized carbons (Fsp3) is 0.636. The molecule has 0 aliphatic heterocycles. The Kier molecular flexibility index (Phi) is 7.54. The minimum atomic E-state index is -0.828. The zero-order valence-electron chi connectivity index (χ0n) is 9.32. The molecule has 0 aromatic heterocycles. The van der Waals surface area contributed by atoms with E-state index < -0.39 is 12.1 Å². The van der Waals surface area contributed by atoms with Gasteiger partial charge in [-0.05, 0) is 13.3 Å². The molecule has 0 bridgehead atoms. The average Bonchev–Trinajstić information content (AvgIpc) is 2.22. The van der Waals surface area contributed by atoms with Gasteiger partial charge in [0.05, 0.1) is 6.61 Å². The molecule has 15 heavy (non-hydrogen) atoms. The number of rotatable bonds is 8. The van der Waals surface area contributed by atoms with E-state index in [-0.39, 0.29) is 12.2 Å². The van der Waals surface area contributed by atoms with E-state index in [4.69, 9.17) is 9.47 Å². The number of carbonyl (C=O) groups is 2. The van der Waals surface area contributed by atoms with E-state index in [0.717, 1.165) is 12.8 Å². The largest absolute Gasteiger partial charge is 0.449 e. The molecule has 0 heterocycles. The van der Waals surface area contributed by atoms with Crippen molar-refractivity contribution < 1.29 is 19.1 Å². The van der Waals surface area contributed by atoms with Crippen molar-refractivity contribution in [2.45, 2.75) is 32.8 Å². The van der Waals surface area contributed by atoms with Crippen molar-refractivity contribution in [2.24, 2.45) is 0 Å². The van der Waals surface area contributed by atoms with Gasteiger partial charge < -0.3 is 9.47 Å². The van der Waals surface area contributed by atoms with Crippen molar-refractivity contribution in [3.63, 3.8) is 0 Å². The molecule has 0 fully saturated rings. The second-order valence-corrected chi connectivity index (χ2v) is 3.29. The average molecular weight is 214 g/mol. The number of aldehydes is 1. The van der Waals surface area contributed by atoms with Crippen molar-refractivity contribution in [1.82, 2.24) is 0 Å². The summed E-state index contributed by atoms with van der Waals surface area (Å²) in [5.74, 6) is -0.564. The van der Waals surface area contributed by atoms with Gasteiger partial charge in [-0.1, -0.05) is 19.9 Å². The van der Waals surface area contributed by atoms with Crippen molar-refractivity contribution in [3.05, 3.63) is 12.2 Å². The number of esters is 1. The number of carbonyl (C=O) groups excluding carboxylic acids is 2. The predicted molar refractivity (Wildman–Crippen MR) is 56.5 cm³/mol. The summed E-state index contributed by atoms with van der Waals surface area (Å²) >= 11 is 0. The highest BCUT2D eigenvalue weighted by Gasteiger charge is 2.13. The Morgan fingerprint density at radius 1 is 1.53 bits per heavy atom. The van der Waals surface area contributed by atoms with Crippen LogP contribution in [0.3, 0.4) is 0 Å². The van der Waals surface area contributed by atoms with Crippen LogP contribution < -0.4 is 0 Å². The third-order valence-electron chi connectivity index (χ3n) is 1.68. The molecule has 86 valence electrons. The van der Waals surface area contributed by atoms with Crippen LogP contribution in [-0.4, -0.2) is 31.6 Å². The smallest absolute Gasteiger partial charge is 0.333 e. The first kappa shape index (κ1) is 13.8. The summed E-state index contributed by atoms with van der Waals surface area (Å²) in [6, 6.07) is 0.